The maximum Gasteiger partial charge on any atom is 0.0467 e. The standard InChI is InChI=1S/C10H18O.C10H16/c1-10(2)8-4-3-7(5-8)9(10)6-11;1-7-8-4-5-9(6-8)10(7,2)3/h7-9,11H,3-6H2,1-2H3;8-9H,1,4-6H2,2-3H3/t7-,8+,9-;8-,9+/m00/s1. The first kappa shape index (κ1) is 15.6. The minimum Gasteiger partial charge on any atom is -0.396 e. The van der Waals surface area contributed by atoms with E-state index in [2.05, 4.69) is 34.3 Å². The predicted molar refractivity (Wildman–Crippen MR) is 88.9 cm³/mol. The van der Waals surface area contributed by atoms with Crippen LogP contribution in [0, 0.1) is 40.4 Å². The van der Waals surface area contributed by atoms with Crippen LogP contribution in [-0.2, 0) is 0 Å². The van der Waals surface area contributed by atoms with Gasteiger partial charge in [0.2, 0.25) is 0 Å². The minimum atomic E-state index is 0.411. The summed E-state index contributed by atoms with van der Waals surface area (Å²) in [7, 11) is 0. The van der Waals surface area contributed by atoms with Crippen LogP contribution in [0.2, 0.25) is 0 Å². The van der Waals surface area contributed by atoms with E-state index in [9.17, 15) is 5.11 Å². The zero-order chi connectivity index (χ0) is 15.4. The van der Waals surface area contributed by atoms with E-state index in [-0.39, 0.29) is 0 Å². The van der Waals surface area contributed by atoms with Crippen molar-refractivity contribution in [3.8, 4) is 0 Å². The van der Waals surface area contributed by atoms with Crippen LogP contribution in [0.3, 0.4) is 0 Å². The van der Waals surface area contributed by atoms with Crippen LogP contribution in [-0.4, -0.2) is 11.7 Å². The van der Waals surface area contributed by atoms with Gasteiger partial charge in [-0.15, -0.1) is 0 Å². The molecule has 5 atom stereocenters. The summed E-state index contributed by atoms with van der Waals surface area (Å²) in [5, 5.41) is 9.22. The molecule has 4 fully saturated rings. The van der Waals surface area contributed by atoms with Crippen molar-refractivity contribution in [1.29, 1.82) is 0 Å². The molecule has 4 rings (SSSR count). The van der Waals surface area contributed by atoms with Crippen LogP contribution in [0.5, 0.6) is 0 Å². The van der Waals surface area contributed by atoms with Gasteiger partial charge in [0.1, 0.15) is 0 Å². The molecule has 0 aliphatic heterocycles. The number of hydrogen-bond donors (Lipinski definition) is 1. The van der Waals surface area contributed by atoms with Crippen molar-refractivity contribution in [2.75, 3.05) is 6.61 Å². The maximum atomic E-state index is 9.22. The highest BCUT2D eigenvalue weighted by Crippen LogP contribution is 2.59. The number of aliphatic hydroxyl groups excluding tert-OH is 1. The first-order valence-electron chi connectivity index (χ1n) is 9.08. The van der Waals surface area contributed by atoms with Gasteiger partial charge in [-0.05, 0) is 78.9 Å². The van der Waals surface area contributed by atoms with Crippen molar-refractivity contribution in [2.24, 2.45) is 40.4 Å². The Morgan fingerprint density at radius 2 is 1.67 bits per heavy atom. The fraction of sp³-hybridized carbons (Fsp3) is 0.900. The maximum absolute atomic E-state index is 9.22. The molecule has 4 saturated carbocycles. The smallest absolute Gasteiger partial charge is 0.0467 e. The molecule has 0 amide bonds. The number of hydrogen-bond acceptors (Lipinski definition) is 1. The van der Waals surface area contributed by atoms with Gasteiger partial charge in [-0.1, -0.05) is 39.8 Å². The molecule has 0 aromatic rings. The summed E-state index contributed by atoms with van der Waals surface area (Å²) in [6, 6.07) is 0. The molecule has 0 aromatic carbocycles. The summed E-state index contributed by atoms with van der Waals surface area (Å²) in [6.45, 7) is 14.0. The summed E-state index contributed by atoms with van der Waals surface area (Å²) in [5.41, 5.74) is 2.43. The van der Waals surface area contributed by atoms with Gasteiger partial charge in [-0.25, -0.2) is 0 Å². The lowest BCUT2D eigenvalue weighted by Gasteiger charge is -2.37. The van der Waals surface area contributed by atoms with Crippen LogP contribution >= 0.6 is 0 Å². The third-order valence-corrected chi connectivity index (χ3v) is 8.02. The highest BCUT2D eigenvalue weighted by molar-refractivity contribution is 5.22. The second kappa shape index (κ2) is 5.11. The Morgan fingerprint density at radius 1 is 1.00 bits per heavy atom. The van der Waals surface area contributed by atoms with Gasteiger partial charge in [-0.3, -0.25) is 0 Å². The molecular weight excluding hydrogens is 256 g/mol. The molecule has 1 N–H and O–H groups in total. The first-order chi connectivity index (χ1) is 9.78. The third-order valence-electron chi connectivity index (χ3n) is 8.02. The Labute approximate surface area is 131 Å². The molecule has 4 aliphatic carbocycles. The second-order valence-electron chi connectivity index (χ2n) is 9.33. The van der Waals surface area contributed by atoms with E-state index in [1.807, 2.05) is 0 Å². The molecule has 0 radical (unpaired) electrons. The van der Waals surface area contributed by atoms with Gasteiger partial charge in [-0.2, -0.15) is 0 Å². The lowest BCUT2D eigenvalue weighted by atomic mass is 9.69. The minimum absolute atomic E-state index is 0.411. The molecule has 0 saturated heterocycles. The molecule has 4 bridgehead atoms. The Kier molecular flexibility index (Phi) is 3.80. The summed E-state index contributed by atoms with van der Waals surface area (Å²) in [4.78, 5) is 0. The van der Waals surface area contributed by atoms with Gasteiger partial charge >= 0.3 is 0 Å². The molecule has 4 aliphatic rings. The lowest BCUT2D eigenvalue weighted by Crippen LogP contribution is -2.32. The van der Waals surface area contributed by atoms with E-state index < -0.39 is 0 Å². The SMILES string of the molecule is C=C1[C@H]2CC[C@H](C2)C1(C)C.CC1(C)[C@@H]2CC[C@@H](C2)[C@@H]1CO. The van der Waals surface area contributed by atoms with Crippen molar-refractivity contribution in [3.05, 3.63) is 12.2 Å². The summed E-state index contributed by atoms with van der Waals surface area (Å²) >= 11 is 0. The zero-order valence-corrected chi connectivity index (χ0v) is 14.5. The van der Waals surface area contributed by atoms with Crippen molar-refractivity contribution >= 4 is 0 Å². The highest BCUT2D eigenvalue weighted by atomic mass is 16.3. The Hall–Kier alpha value is -0.300. The van der Waals surface area contributed by atoms with Gasteiger partial charge in [0.25, 0.3) is 0 Å². The van der Waals surface area contributed by atoms with Crippen LogP contribution < -0.4 is 0 Å². The monoisotopic (exact) mass is 290 g/mol. The van der Waals surface area contributed by atoms with E-state index in [0.717, 1.165) is 23.7 Å². The molecule has 1 heteroatoms. The van der Waals surface area contributed by atoms with Crippen molar-refractivity contribution < 1.29 is 5.11 Å². The number of fused-ring (bicyclic) bond motifs is 4. The lowest BCUT2D eigenvalue weighted by molar-refractivity contribution is 0.0638. The molecular formula is C20H34O. The number of rotatable bonds is 1. The molecule has 0 heterocycles. The summed E-state index contributed by atoms with van der Waals surface area (Å²) in [6.07, 6.45) is 8.49. The molecule has 1 nitrogen and oxygen atoms in total. The second-order valence-corrected chi connectivity index (χ2v) is 9.33. The van der Waals surface area contributed by atoms with Crippen LogP contribution in [0.15, 0.2) is 12.2 Å². The molecule has 120 valence electrons. The number of aliphatic hydroxyl groups is 1. The Morgan fingerprint density at radius 3 is 2.00 bits per heavy atom. The summed E-state index contributed by atoms with van der Waals surface area (Å²) < 4.78 is 0. The van der Waals surface area contributed by atoms with Crippen LogP contribution in [0.1, 0.15) is 66.2 Å². The van der Waals surface area contributed by atoms with Gasteiger partial charge in [0.05, 0.1) is 0 Å². The van der Waals surface area contributed by atoms with Gasteiger partial charge in [0, 0.05) is 6.61 Å². The Bertz CT molecular complexity index is 420. The number of allylic oxidation sites excluding steroid dienone is 1. The quantitative estimate of drug-likeness (QED) is 0.670. The third kappa shape index (κ3) is 2.31. The van der Waals surface area contributed by atoms with Gasteiger partial charge < -0.3 is 5.11 Å². The van der Waals surface area contributed by atoms with Crippen LogP contribution in [0.4, 0.5) is 0 Å². The first-order valence-corrected chi connectivity index (χ1v) is 9.08. The molecule has 0 spiro atoms. The fourth-order valence-electron chi connectivity index (χ4n) is 6.09. The van der Waals surface area contributed by atoms with E-state index in [0.29, 0.717) is 23.4 Å². The van der Waals surface area contributed by atoms with E-state index in [1.54, 1.807) is 0 Å². The largest absolute Gasteiger partial charge is 0.396 e. The van der Waals surface area contributed by atoms with Crippen LogP contribution in [0.25, 0.3) is 0 Å². The van der Waals surface area contributed by atoms with Crippen molar-refractivity contribution in [2.45, 2.75) is 66.2 Å². The fourth-order valence-corrected chi connectivity index (χ4v) is 6.09. The zero-order valence-electron chi connectivity index (χ0n) is 14.5. The highest BCUT2D eigenvalue weighted by Gasteiger charge is 2.52. The van der Waals surface area contributed by atoms with E-state index in [4.69, 9.17) is 0 Å². The molecule has 0 unspecified atom stereocenters. The van der Waals surface area contributed by atoms with Crippen molar-refractivity contribution in [3.63, 3.8) is 0 Å². The van der Waals surface area contributed by atoms with E-state index >= 15 is 0 Å². The topological polar surface area (TPSA) is 20.2 Å². The van der Waals surface area contributed by atoms with Crippen molar-refractivity contribution in [1.82, 2.24) is 0 Å². The molecule has 21 heavy (non-hydrogen) atoms. The van der Waals surface area contributed by atoms with E-state index in [1.165, 1.54) is 44.1 Å². The molecule has 0 aromatic heterocycles. The Balaban J connectivity index is 0.000000126. The average Bonchev–Trinajstić information content (AvgIpc) is 3.14. The normalized spacial score (nSPS) is 44.8. The average molecular weight is 290 g/mol. The predicted octanol–water partition coefficient (Wildman–Crippen LogP) is 5.05. The van der Waals surface area contributed by atoms with Gasteiger partial charge in [0.15, 0.2) is 0 Å². The summed E-state index contributed by atoms with van der Waals surface area (Å²) in [5.74, 6) is 4.20.